The third-order valence-electron chi connectivity index (χ3n) is 2.85. The molecule has 98 valence electrons. The van der Waals surface area contributed by atoms with Gasteiger partial charge in [-0.3, -0.25) is 0 Å². The fraction of sp³-hybridized carbons (Fsp3) is 0.250. The summed E-state index contributed by atoms with van der Waals surface area (Å²) in [5.41, 5.74) is 7.78. The van der Waals surface area contributed by atoms with Crippen LogP contribution in [0.1, 0.15) is 12.7 Å². The summed E-state index contributed by atoms with van der Waals surface area (Å²) in [6.07, 6.45) is 1.70. The van der Waals surface area contributed by atoms with E-state index in [9.17, 15) is 0 Å². The summed E-state index contributed by atoms with van der Waals surface area (Å²) in [4.78, 5) is 4.32. The van der Waals surface area contributed by atoms with E-state index in [1.54, 1.807) is 18.5 Å². The summed E-state index contributed by atoms with van der Waals surface area (Å²) in [7, 11) is 0. The highest BCUT2D eigenvalue weighted by Crippen LogP contribution is 2.21. The maximum absolute atomic E-state index is 5.69. The number of aromatic nitrogens is 4. The molecule has 3 N–H and O–H groups in total. The Balaban J connectivity index is 1.78. The summed E-state index contributed by atoms with van der Waals surface area (Å²) < 4.78 is 7.51. The molecule has 0 amide bonds. The van der Waals surface area contributed by atoms with Crippen LogP contribution in [0.2, 0.25) is 0 Å². The molecule has 19 heavy (non-hydrogen) atoms. The van der Waals surface area contributed by atoms with Crippen LogP contribution >= 0.6 is 0 Å². The molecule has 0 saturated heterocycles. The van der Waals surface area contributed by atoms with Crippen molar-refractivity contribution in [2.75, 3.05) is 11.1 Å². The predicted molar refractivity (Wildman–Crippen MR) is 71.4 cm³/mol. The van der Waals surface area contributed by atoms with Crippen molar-refractivity contribution in [2.45, 2.75) is 20.0 Å². The summed E-state index contributed by atoms with van der Waals surface area (Å²) in [6, 6.07) is 5.82. The summed E-state index contributed by atoms with van der Waals surface area (Å²) in [5, 5.41) is 11.0. The monoisotopic (exact) mass is 258 g/mol. The minimum atomic E-state index is 0.450. The zero-order chi connectivity index (χ0) is 13.2. The largest absolute Gasteiger partial charge is 0.423 e. The zero-order valence-corrected chi connectivity index (χ0v) is 10.5. The van der Waals surface area contributed by atoms with E-state index in [4.69, 9.17) is 10.2 Å². The van der Waals surface area contributed by atoms with E-state index in [1.807, 2.05) is 17.6 Å². The molecule has 1 aromatic carbocycles. The number of nitrogens with two attached hydrogens (primary N) is 1. The lowest BCUT2D eigenvalue weighted by atomic mass is 10.3. The smallest absolute Gasteiger partial charge is 0.296 e. The van der Waals surface area contributed by atoms with Gasteiger partial charge >= 0.3 is 0 Å². The number of rotatable bonds is 4. The van der Waals surface area contributed by atoms with Crippen molar-refractivity contribution in [3.63, 3.8) is 0 Å². The average Bonchev–Trinajstić information content (AvgIpc) is 3.01. The van der Waals surface area contributed by atoms with Crippen molar-refractivity contribution in [3.8, 4) is 0 Å². The molecule has 7 heteroatoms. The number of hydrogen-bond acceptors (Lipinski definition) is 6. The minimum Gasteiger partial charge on any atom is -0.423 e. The van der Waals surface area contributed by atoms with Crippen molar-refractivity contribution >= 4 is 22.8 Å². The highest BCUT2D eigenvalue weighted by atomic mass is 16.4. The van der Waals surface area contributed by atoms with Gasteiger partial charge in [0.15, 0.2) is 11.4 Å². The highest BCUT2D eigenvalue weighted by Gasteiger charge is 2.07. The molecule has 2 heterocycles. The van der Waals surface area contributed by atoms with E-state index in [1.165, 1.54) is 0 Å². The number of benzene rings is 1. The summed E-state index contributed by atoms with van der Waals surface area (Å²) in [6.45, 7) is 3.37. The number of nitrogens with zero attached hydrogens (tertiary/aromatic N) is 4. The number of oxazole rings is 1. The van der Waals surface area contributed by atoms with Gasteiger partial charge in [0.2, 0.25) is 0 Å². The number of fused-ring (bicyclic) bond motifs is 1. The predicted octanol–water partition coefficient (Wildman–Crippen LogP) is 1.63. The first-order chi connectivity index (χ1) is 9.26. The van der Waals surface area contributed by atoms with Crippen molar-refractivity contribution in [3.05, 3.63) is 30.4 Å². The van der Waals surface area contributed by atoms with E-state index in [0.29, 0.717) is 23.8 Å². The van der Waals surface area contributed by atoms with E-state index in [0.717, 1.165) is 17.9 Å². The van der Waals surface area contributed by atoms with Crippen molar-refractivity contribution in [1.82, 2.24) is 19.7 Å². The molecule has 0 spiro atoms. The van der Waals surface area contributed by atoms with Gasteiger partial charge in [0, 0.05) is 18.3 Å². The van der Waals surface area contributed by atoms with Gasteiger partial charge in [-0.15, -0.1) is 10.2 Å². The van der Waals surface area contributed by atoms with Crippen LogP contribution in [0.15, 0.2) is 28.9 Å². The van der Waals surface area contributed by atoms with Crippen LogP contribution in [0, 0.1) is 0 Å². The number of anilines is 2. The van der Waals surface area contributed by atoms with Gasteiger partial charge in [-0.2, -0.15) is 4.98 Å². The Labute approximate surface area is 109 Å². The van der Waals surface area contributed by atoms with Gasteiger partial charge in [-0.25, -0.2) is 0 Å². The topological polar surface area (TPSA) is 94.8 Å². The third-order valence-corrected chi connectivity index (χ3v) is 2.85. The Morgan fingerprint density at radius 2 is 2.32 bits per heavy atom. The Bertz CT molecular complexity index is 701. The van der Waals surface area contributed by atoms with Crippen LogP contribution in [0.3, 0.4) is 0 Å². The first-order valence-electron chi connectivity index (χ1n) is 6.03. The molecule has 3 rings (SSSR count). The Kier molecular flexibility index (Phi) is 2.79. The average molecular weight is 258 g/mol. The molecule has 3 aromatic rings. The van der Waals surface area contributed by atoms with Crippen LogP contribution < -0.4 is 11.1 Å². The number of nitrogen functional groups attached to an aromatic ring is 1. The second-order valence-electron chi connectivity index (χ2n) is 4.13. The molecule has 0 bridgehead atoms. The van der Waals surface area contributed by atoms with Crippen molar-refractivity contribution in [1.29, 1.82) is 0 Å². The minimum absolute atomic E-state index is 0.450. The number of aryl methyl sites for hydroxylation is 1. The maximum atomic E-state index is 5.69. The fourth-order valence-electron chi connectivity index (χ4n) is 1.85. The fourth-order valence-corrected chi connectivity index (χ4v) is 1.85. The summed E-state index contributed by atoms with van der Waals surface area (Å²) >= 11 is 0. The number of nitrogens with one attached hydrogen (secondary N) is 1. The van der Waals surface area contributed by atoms with Crippen LogP contribution in [0.5, 0.6) is 0 Å². The van der Waals surface area contributed by atoms with Crippen LogP contribution in [0.25, 0.3) is 11.1 Å². The first-order valence-corrected chi connectivity index (χ1v) is 6.03. The van der Waals surface area contributed by atoms with Gasteiger partial charge in [0.1, 0.15) is 11.8 Å². The lowest BCUT2D eigenvalue weighted by Crippen LogP contribution is -2.07. The Morgan fingerprint density at radius 3 is 3.16 bits per heavy atom. The summed E-state index contributed by atoms with van der Waals surface area (Å²) in [5.74, 6) is 0.837. The van der Waals surface area contributed by atoms with E-state index in [2.05, 4.69) is 20.5 Å². The molecule has 7 nitrogen and oxygen atoms in total. The second kappa shape index (κ2) is 4.60. The van der Waals surface area contributed by atoms with E-state index in [-0.39, 0.29) is 0 Å². The molecule has 0 unspecified atom stereocenters. The van der Waals surface area contributed by atoms with E-state index < -0.39 is 0 Å². The van der Waals surface area contributed by atoms with Crippen molar-refractivity contribution in [2.24, 2.45) is 0 Å². The molecule has 0 radical (unpaired) electrons. The molecular formula is C12H14N6O. The van der Waals surface area contributed by atoms with Crippen LogP contribution in [-0.4, -0.2) is 19.7 Å². The molecule has 0 saturated carbocycles. The lowest BCUT2D eigenvalue weighted by molar-refractivity contribution is 0.608. The van der Waals surface area contributed by atoms with Gasteiger partial charge in [-0.1, -0.05) is 0 Å². The quantitative estimate of drug-likeness (QED) is 0.691. The molecule has 0 aliphatic heterocycles. The zero-order valence-electron chi connectivity index (χ0n) is 10.5. The number of hydrogen-bond donors (Lipinski definition) is 2. The van der Waals surface area contributed by atoms with Gasteiger partial charge in [-0.05, 0) is 19.1 Å². The van der Waals surface area contributed by atoms with Crippen molar-refractivity contribution < 1.29 is 4.42 Å². The molecular weight excluding hydrogens is 244 g/mol. The maximum Gasteiger partial charge on any atom is 0.296 e. The third kappa shape index (κ3) is 2.22. The standard InChI is InChI=1S/C12H14N6O/c1-2-18-7-15-17-11(18)6-14-12-16-9-4-3-8(13)5-10(9)19-12/h3-5,7H,2,6,13H2,1H3,(H,14,16). The molecule has 2 aromatic heterocycles. The Hall–Kier alpha value is -2.57. The first kappa shape index (κ1) is 11.5. The molecule has 0 fully saturated rings. The van der Waals surface area contributed by atoms with E-state index >= 15 is 0 Å². The normalized spacial score (nSPS) is 11.0. The SMILES string of the molecule is CCn1cnnc1CNc1nc2ccc(N)cc2o1. The molecule has 0 aliphatic rings. The van der Waals surface area contributed by atoms with Crippen LogP contribution in [-0.2, 0) is 13.1 Å². The molecule has 0 atom stereocenters. The second-order valence-corrected chi connectivity index (χ2v) is 4.13. The van der Waals surface area contributed by atoms with Gasteiger partial charge in [0.05, 0.1) is 6.54 Å². The van der Waals surface area contributed by atoms with Gasteiger partial charge in [0.25, 0.3) is 6.01 Å². The molecule has 0 aliphatic carbocycles. The lowest BCUT2D eigenvalue weighted by Gasteiger charge is -2.02. The van der Waals surface area contributed by atoms with Crippen LogP contribution in [0.4, 0.5) is 11.7 Å². The Morgan fingerprint density at radius 1 is 1.42 bits per heavy atom. The van der Waals surface area contributed by atoms with Gasteiger partial charge < -0.3 is 20.0 Å². The highest BCUT2D eigenvalue weighted by molar-refractivity contribution is 5.78.